The first-order valence-electron chi connectivity index (χ1n) is 6.69. The van der Waals surface area contributed by atoms with Crippen molar-refractivity contribution in [3.8, 4) is 5.75 Å². The molecule has 2 N–H and O–H groups in total. The summed E-state index contributed by atoms with van der Waals surface area (Å²) in [6.07, 6.45) is 0. The van der Waals surface area contributed by atoms with Crippen LogP contribution in [0.15, 0.2) is 46.9 Å². The van der Waals surface area contributed by atoms with Gasteiger partial charge in [-0.05, 0) is 55.0 Å². The molecular formula is C16H14BrClN2O3. The maximum atomic E-state index is 11.8. The Bertz CT molecular complexity index is 720. The van der Waals surface area contributed by atoms with E-state index in [9.17, 15) is 9.59 Å². The minimum absolute atomic E-state index is 0.205. The molecule has 0 radical (unpaired) electrons. The summed E-state index contributed by atoms with van der Waals surface area (Å²) in [7, 11) is 0. The largest absolute Gasteiger partial charge is 0.483 e. The minimum Gasteiger partial charge on any atom is -0.483 e. The minimum atomic E-state index is -0.463. The van der Waals surface area contributed by atoms with Gasteiger partial charge in [0.2, 0.25) is 0 Å². The molecule has 120 valence electrons. The van der Waals surface area contributed by atoms with Crippen molar-refractivity contribution in [1.29, 1.82) is 0 Å². The van der Waals surface area contributed by atoms with E-state index < -0.39 is 11.8 Å². The predicted octanol–water partition coefficient (Wildman–Crippen LogP) is 3.25. The third kappa shape index (κ3) is 5.26. The number of aryl methyl sites for hydroxylation is 1. The Hall–Kier alpha value is -2.05. The third-order valence-corrected chi connectivity index (χ3v) is 3.66. The van der Waals surface area contributed by atoms with Gasteiger partial charge in [0.15, 0.2) is 6.61 Å². The van der Waals surface area contributed by atoms with Crippen LogP contribution in [0.2, 0.25) is 5.02 Å². The van der Waals surface area contributed by atoms with Gasteiger partial charge in [0.05, 0.1) is 0 Å². The van der Waals surface area contributed by atoms with Crippen LogP contribution in [-0.4, -0.2) is 18.4 Å². The number of carbonyl (C=O) groups excluding carboxylic acids is 2. The number of rotatable bonds is 4. The second kappa shape index (κ2) is 7.99. The third-order valence-electron chi connectivity index (χ3n) is 2.92. The molecule has 2 amide bonds. The van der Waals surface area contributed by atoms with Crippen LogP contribution in [0.1, 0.15) is 15.9 Å². The zero-order valence-electron chi connectivity index (χ0n) is 12.2. The van der Waals surface area contributed by atoms with Crippen LogP contribution in [0.25, 0.3) is 0 Å². The summed E-state index contributed by atoms with van der Waals surface area (Å²) in [6.45, 7) is 1.67. The van der Waals surface area contributed by atoms with E-state index >= 15 is 0 Å². The smallest absolute Gasteiger partial charge is 0.276 e. The number of carbonyl (C=O) groups is 2. The molecule has 2 aromatic carbocycles. The SMILES string of the molecule is Cc1cc(Br)ccc1OCC(=O)NNC(=O)c1ccc(Cl)cc1. The quantitative estimate of drug-likeness (QED) is 0.778. The first kappa shape index (κ1) is 17.3. The number of amides is 2. The van der Waals surface area contributed by atoms with Gasteiger partial charge in [0.1, 0.15) is 5.75 Å². The molecule has 0 spiro atoms. The van der Waals surface area contributed by atoms with E-state index in [0.29, 0.717) is 16.3 Å². The molecule has 0 saturated carbocycles. The van der Waals surface area contributed by atoms with Gasteiger partial charge >= 0.3 is 0 Å². The van der Waals surface area contributed by atoms with Crippen molar-refractivity contribution in [3.05, 3.63) is 63.1 Å². The lowest BCUT2D eigenvalue weighted by molar-refractivity contribution is -0.123. The van der Waals surface area contributed by atoms with E-state index in [1.807, 2.05) is 19.1 Å². The van der Waals surface area contributed by atoms with Crippen molar-refractivity contribution >= 4 is 39.3 Å². The Morgan fingerprint density at radius 2 is 1.83 bits per heavy atom. The Labute approximate surface area is 147 Å². The van der Waals surface area contributed by atoms with Crippen LogP contribution in [-0.2, 0) is 4.79 Å². The van der Waals surface area contributed by atoms with Gasteiger partial charge < -0.3 is 4.74 Å². The van der Waals surface area contributed by atoms with Crippen LogP contribution in [0, 0.1) is 6.92 Å². The van der Waals surface area contributed by atoms with Crippen LogP contribution >= 0.6 is 27.5 Å². The number of hydrogen-bond donors (Lipinski definition) is 2. The van der Waals surface area contributed by atoms with Crippen molar-refractivity contribution in [2.24, 2.45) is 0 Å². The molecule has 23 heavy (non-hydrogen) atoms. The highest BCUT2D eigenvalue weighted by molar-refractivity contribution is 9.10. The summed E-state index contributed by atoms with van der Waals surface area (Å²) in [5.41, 5.74) is 5.89. The monoisotopic (exact) mass is 396 g/mol. The Balaban J connectivity index is 1.81. The zero-order chi connectivity index (χ0) is 16.8. The Morgan fingerprint density at radius 3 is 2.48 bits per heavy atom. The summed E-state index contributed by atoms with van der Waals surface area (Å²) >= 11 is 9.10. The second-order valence-electron chi connectivity index (χ2n) is 4.71. The van der Waals surface area contributed by atoms with Gasteiger partial charge in [0.25, 0.3) is 11.8 Å². The van der Waals surface area contributed by atoms with E-state index in [2.05, 4.69) is 26.8 Å². The van der Waals surface area contributed by atoms with Crippen molar-refractivity contribution in [1.82, 2.24) is 10.9 Å². The van der Waals surface area contributed by atoms with Crippen LogP contribution in [0.4, 0.5) is 0 Å². The molecular weight excluding hydrogens is 384 g/mol. The average Bonchev–Trinajstić information content (AvgIpc) is 2.52. The maximum absolute atomic E-state index is 11.8. The van der Waals surface area contributed by atoms with Crippen LogP contribution < -0.4 is 15.6 Å². The van der Waals surface area contributed by atoms with Gasteiger partial charge in [0, 0.05) is 15.1 Å². The molecule has 0 aliphatic carbocycles. The number of hydrazine groups is 1. The fourth-order valence-electron chi connectivity index (χ4n) is 1.75. The molecule has 0 unspecified atom stereocenters. The first-order chi connectivity index (χ1) is 11.0. The van der Waals surface area contributed by atoms with Gasteiger partial charge in [-0.15, -0.1) is 0 Å². The molecule has 0 fully saturated rings. The summed E-state index contributed by atoms with van der Waals surface area (Å²) in [5, 5.41) is 0.531. The van der Waals surface area contributed by atoms with E-state index in [-0.39, 0.29) is 6.61 Å². The highest BCUT2D eigenvalue weighted by Crippen LogP contribution is 2.21. The summed E-state index contributed by atoms with van der Waals surface area (Å²) in [4.78, 5) is 23.5. The molecule has 0 aromatic heterocycles. The van der Waals surface area contributed by atoms with Crippen LogP contribution in [0.3, 0.4) is 0 Å². The lowest BCUT2D eigenvalue weighted by Gasteiger charge is -2.10. The molecule has 2 aromatic rings. The molecule has 5 nitrogen and oxygen atoms in total. The van der Waals surface area contributed by atoms with E-state index in [4.69, 9.17) is 16.3 Å². The molecule has 0 heterocycles. The topological polar surface area (TPSA) is 67.4 Å². The molecule has 7 heteroatoms. The maximum Gasteiger partial charge on any atom is 0.276 e. The highest BCUT2D eigenvalue weighted by Gasteiger charge is 2.08. The predicted molar refractivity (Wildman–Crippen MR) is 91.4 cm³/mol. The summed E-state index contributed by atoms with van der Waals surface area (Å²) in [6, 6.07) is 11.8. The molecule has 0 aliphatic rings. The molecule has 0 saturated heterocycles. The average molecular weight is 398 g/mol. The Morgan fingerprint density at radius 1 is 1.13 bits per heavy atom. The van der Waals surface area contributed by atoms with Gasteiger partial charge in [-0.2, -0.15) is 0 Å². The lowest BCUT2D eigenvalue weighted by atomic mass is 10.2. The molecule has 2 rings (SSSR count). The summed E-state index contributed by atoms with van der Waals surface area (Å²) < 4.78 is 6.34. The van der Waals surface area contributed by atoms with Crippen molar-refractivity contribution in [2.45, 2.75) is 6.92 Å². The van der Waals surface area contributed by atoms with Crippen LogP contribution in [0.5, 0.6) is 5.75 Å². The number of ether oxygens (including phenoxy) is 1. The zero-order valence-corrected chi connectivity index (χ0v) is 14.6. The second-order valence-corrected chi connectivity index (χ2v) is 6.06. The van der Waals surface area contributed by atoms with Crippen molar-refractivity contribution in [3.63, 3.8) is 0 Å². The van der Waals surface area contributed by atoms with Gasteiger partial charge in [-0.25, -0.2) is 0 Å². The van der Waals surface area contributed by atoms with Crippen molar-refractivity contribution in [2.75, 3.05) is 6.61 Å². The highest BCUT2D eigenvalue weighted by atomic mass is 79.9. The first-order valence-corrected chi connectivity index (χ1v) is 7.86. The number of halogens is 2. The molecule has 0 aliphatic heterocycles. The van der Waals surface area contributed by atoms with Gasteiger partial charge in [-0.1, -0.05) is 27.5 Å². The normalized spacial score (nSPS) is 10.0. The molecule has 0 bridgehead atoms. The van der Waals surface area contributed by atoms with Crippen molar-refractivity contribution < 1.29 is 14.3 Å². The van der Waals surface area contributed by atoms with E-state index in [1.165, 1.54) is 0 Å². The summed E-state index contributed by atoms with van der Waals surface area (Å²) in [5.74, 6) is -0.295. The standard InChI is InChI=1S/C16H14BrClN2O3/c1-10-8-12(17)4-7-14(10)23-9-15(21)19-20-16(22)11-2-5-13(18)6-3-11/h2-8H,9H2,1H3,(H,19,21)(H,20,22). The van der Waals surface area contributed by atoms with E-state index in [0.717, 1.165) is 10.0 Å². The number of hydrogen-bond acceptors (Lipinski definition) is 3. The number of benzene rings is 2. The van der Waals surface area contributed by atoms with E-state index in [1.54, 1.807) is 30.3 Å². The molecule has 0 atom stereocenters. The number of nitrogens with one attached hydrogen (secondary N) is 2. The fourth-order valence-corrected chi connectivity index (χ4v) is 2.36. The Kier molecular flexibility index (Phi) is 6.01. The van der Waals surface area contributed by atoms with Gasteiger partial charge in [-0.3, -0.25) is 20.4 Å². The lowest BCUT2D eigenvalue weighted by Crippen LogP contribution is -2.43. The fraction of sp³-hybridized carbons (Fsp3) is 0.125.